The number of aryl methyl sites for hydroxylation is 1. The molecule has 0 aliphatic carbocycles. The largest absolute Gasteiger partial charge is 0.497 e. The molecule has 0 saturated heterocycles. The molecule has 2 unspecified atom stereocenters. The van der Waals surface area contributed by atoms with Crippen molar-refractivity contribution in [2.24, 2.45) is 0 Å². The highest BCUT2D eigenvalue weighted by Crippen LogP contribution is 2.31. The molecule has 0 radical (unpaired) electrons. The van der Waals surface area contributed by atoms with Gasteiger partial charge in [0.1, 0.15) is 11.5 Å². The standard InChI is InChI=1S/C22H27NO5/c1-14-7-5-6-8-17(14)15(2)11-21(24)23-19(13-22(25)26)18-10-9-16(27-3)12-20(18)28-4/h5-10,12,15,19H,11,13H2,1-4H3,(H,23,24)(H,25,26). The van der Waals surface area contributed by atoms with E-state index in [1.54, 1.807) is 18.2 Å². The maximum absolute atomic E-state index is 12.7. The zero-order valence-electron chi connectivity index (χ0n) is 16.7. The second-order valence-corrected chi connectivity index (χ2v) is 6.79. The summed E-state index contributed by atoms with van der Waals surface area (Å²) in [5.74, 6) is -0.133. The Balaban J connectivity index is 2.19. The van der Waals surface area contributed by atoms with Crippen LogP contribution in [0.1, 0.15) is 48.4 Å². The third kappa shape index (κ3) is 5.49. The summed E-state index contributed by atoms with van der Waals surface area (Å²) in [6.07, 6.45) is 0.0205. The first kappa shape index (κ1) is 21.3. The topological polar surface area (TPSA) is 84.9 Å². The SMILES string of the molecule is COc1ccc(C(CC(=O)O)NC(=O)CC(C)c2ccccc2C)c(OC)c1. The maximum Gasteiger partial charge on any atom is 0.305 e. The number of hydrogen-bond donors (Lipinski definition) is 2. The molecule has 0 heterocycles. The van der Waals surface area contributed by atoms with Gasteiger partial charge in [-0.1, -0.05) is 31.2 Å². The van der Waals surface area contributed by atoms with Gasteiger partial charge in [-0.2, -0.15) is 0 Å². The number of aliphatic carboxylic acids is 1. The molecule has 0 bridgehead atoms. The Morgan fingerprint density at radius 3 is 2.36 bits per heavy atom. The quantitative estimate of drug-likeness (QED) is 0.685. The van der Waals surface area contributed by atoms with Crippen LogP contribution in [0.4, 0.5) is 0 Å². The van der Waals surface area contributed by atoms with Crippen LogP contribution in [0.5, 0.6) is 11.5 Å². The van der Waals surface area contributed by atoms with Crippen LogP contribution >= 0.6 is 0 Å². The second-order valence-electron chi connectivity index (χ2n) is 6.79. The van der Waals surface area contributed by atoms with Gasteiger partial charge in [0.25, 0.3) is 0 Å². The van der Waals surface area contributed by atoms with Crippen LogP contribution in [0.15, 0.2) is 42.5 Å². The van der Waals surface area contributed by atoms with Crippen molar-refractivity contribution in [2.75, 3.05) is 14.2 Å². The van der Waals surface area contributed by atoms with Crippen LogP contribution in [0.3, 0.4) is 0 Å². The van der Waals surface area contributed by atoms with Gasteiger partial charge in [0.05, 0.1) is 26.7 Å². The van der Waals surface area contributed by atoms with E-state index in [0.717, 1.165) is 11.1 Å². The first-order valence-corrected chi connectivity index (χ1v) is 9.14. The van der Waals surface area contributed by atoms with Crippen LogP contribution < -0.4 is 14.8 Å². The summed E-state index contributed by atoms with van der Waals surface area (Å²) >= 11 is 0. The van der Waals surface area contributed by atoms with Gasteiger partial charge in [-0.25, -0.2) is 0 Å². The fraction of sp³-hybridized carbons (Fsp3) is 0.364. The van der Waals surface area contributed by atoms with E-state index in [0.29, 0.717) is 17.1 Å². The number of carboxylic acid groups (broad SMARTS) is 1. The van der Waals surface area contributed by atoms with Crippen LogP contribution in [0.2, 0.25) is 0 Å². The van der Waals surface area contributed by atoms with E-state index < -0.39 is 12.0 Å². The number of carbonyl (C=O) groups is 2. The van der Waals surface area contributed by atoms with Crippen molar-refractivity contribution in [3.8, 4) is 11.5 Å². The van der Waals surface area contributed by atoms with E-state index in [1.165, 1.54) is 14.2 Å². The first-order valence-electron chi connectivity index (χ1n) is 9.14. The summed E-state index contributed by atoms with van der Waals surface area (Å²) in [5.41, 5.74) is 2.83. The number of nitrogens with one attached hydrogen (secondary N) is 1. The number of carbonyl (C=O) groups excluding carboxylic acids is 1. The first-order chi connectivity index (χ1) is 13.3. The summed E-state index contributed by atoms with van der Waals surface area (Å²) in [5, 5.41) is 12.2. The van der Waals surface area contributed by atoms with E-state index in [9.17, 15) is 14.7 Å². The normalized spacial score (nSPS) is 12.7. The Morgan fingerprint density at radius 1 is 1.04 bits per heavy atom. The molecule has 1 amide bonds. The van der Waals surface area contributed by atoms with Crippen molar-refractivity contribution in [3.05, 3.63) is 59.2 Å². The molecule has 2 atom stereocenters. The number of ether oxygens (including phenoxy) is 2. The monoisotopic (exact) mass is 385 g/mol. The zero-order valence-corrected chi connectivity index (χ0v) is 16.7. The summed E-state index contributed by atoms with van der Waals surface area (Å²) in [7, 11) is 3.04. The van der Waals surface area contributed by atoms with Crippen molar-refractivity contribution in [1.29, 1.82) is 0 Å². The van der Waals surface area contributed by atoms with Gasteiger partial charge in [-0.05, 0) is 36.1 Å². The minimum Gasteiger partial charge on any atom is -0.497 e. The zero-order chi connectivity index (χ0) is 20.7. The van der Waals surface area contributed by atoms with Crippen LogP contribution in [-0.4, -0.2) is 31.2 Å². The molecule has 28 heavy (non-hydrogen) atoms. The number of carboxylic acids is 1. The lowest BCUT2D eigenvalue weighted by atomic mass is 9.93. The van der Waals surface area contributed by atoms with Crippen molar-refractivity contribution >= 4 is 11.9 Å². The second kappa shape index (κ2) is 9.78. The molecule has 2 aromatic carbocycles. The van der Waals surface area contributed by atoms with Gasteiger partial charge >= 0.3 is 5.97 Å². The number of hydrogen-bond acceptors (Lipinski definition) is 4. The molecule has 0 aliphatic rings. The molecule has 150 valence electrons. The summed E-state index contributed by atoms with van der Waals surface area (Å²) < 4.78 is 10.6. The average molecular weight is 385 g/mol. The third-order valence-corrected chi connectivity index (χ3v) is 4.74. The lowest BCUT2D eigenvalue weighted by Crippen LogP contribution is -2.31. The Bertz CT molecular complexity index is 833. The summed E-state index contributed by atoms with van der Waals surface area (Å²) in [6.45, 7) is 4.00. The Kier molecular flexibility index (Phi) is 7.44. The number of amides is 1. The molecule has 0 spiro atoms. The van der Waals surface area contributed by atoms with E-state index in [1.807, 2.05) is 38.1 Å². The maximum atomic E-state index is 12.7. The fourth-order valence-electron chi connectivity index (χ4n) is 3.30. The predicted molar refractivity (Wildman–Crippen MR) is 107 cm³/mol. The molecule has 0 saturated carbocycles. The average Bonchev–Trinajstić information content (AvgIpc) is 2.66. The molecule has 0 aliphatic heterocycles. The number of rotatable bonds is 9. The van der Waals surface area contributed by atoms with E-state index >= 15 is 0 Å². The highest BCUT2D eigenvalue weighted by molar-refractivity contribution is 5.79. The highest BCUT2D eigenvalue weighted by Gasteiger charge is 2.23. The smallest absolute Gasteiger partial charge is 0.305 e. The molecule has 0 fully saturated rings. The minimum atomic E-state index is -1.00. The number of benzene rings is 2. The predicted octanol–water partition coefficient (Wildman–Crippen LogP) is 3.84. The van der Waals surface area contributed by atoms with Gasteiger partial charge in [-0.3, -0.25) is 9.59 Å². The van der Waals surface area contributed by atoms with Gasteiger partial charge in [0, 0.05) is 18.1 Å². The van der Waals surface area contributed by atoms with E-state index in [4.69, 9.17) is 9.47 Å². The molecular weight excluding hydrogens is 358 g/mol. The molecule has 2 aromatic rings. The van der Waals surface area contributed by atoms with Gasteiger partial charge in [-0.15, -0.1) is 0 Å². The van der Waals surface area contributed by atoms with Crippen LogP contribution in [0.25, 0.3) is 0 Å². The van der Waals surface area contributed by atoms with Gasteiger partial charge in [0.15, 0.2) is 0 Å². The summed E-state index contributed by atoms with van der Waals surface area (Å²) in [6, 6.07) is 12.3. The van der Waals surface area contributed by atoms with Crippen molar-refractivity contribution in [3.63, 3.8) is 0 Å². The van der Waals surface area contributed by atoms with Gasteiger partial charge in [0.2, 0.25) is 5.91 Å². The van der Waals surface area contributed by atoms with Crippen LogP contribution in [-0.2, 0) is 9.59 Å². The van der Waals surface area contributed by atoms with Crippen molar-refractivity contribution in [2.45, 2.75) is 38.6 Å². The molecule has 2 rings (SSSR count). The fourth-order valence-corrected chi connectivity index (χ4v) is 3.30. The highest BCUT2D eigenvalue weighted by atomic mass is 16.5. The number of methoxy groups -OCH3 is 2. The Labute approximate surface area is 165 Å². The minimum absolute atomic E-state index is 0.0180. The molecule has 6 nitrogen and oxygen atoms in total. The molecule has 6 heteroatoms. The Morgan fingerprint density at radius 2 is 1.75 bits per heavy atom. The van der Waals surface area contributed by atoms with Crippen molar-refractivity contribution in [1.82, 2.24) is 5.32 Å². The lowest BCUT2D eigenvalue weighted by Gasteiger charge is -2.22. The molecular formula is C22H27NO5. The molecule has 2 N–H and O–H groups in total. The van der Waals surface area contributed by atoms with E-state index in [-0.39, 0.29) is 24.7 Å². The molecule has 0 aromatic heterocycles. The van der Waals surface area contributed by atoms with Crippen LogP contribution in [0, 0.1) is 6.92 Å². The Hall–Kier alpha value is -3.02. The van der Waals surface area contributed by atoms with Gasteiger partial charge < -0.3 is 19.9 Å². The van der Waals surface area contributed by atoms with Crippen molar-refractivity contribution < 1.29 is 24.2 Å². The third-order valence-electron chi connectivity index (χ3n) is 4.74. The van der Waals surface area contributed by atoms with E-state index in [2.05, 4.69) is 5.32 Å². The lowest BCUT2D eigenvalue weighted by molar-refractivity contribution is -0.137. The summed E-state index contributed by atoms with van der Waals surface area (Å²) in [4.78, 5) is 24.0.